The number of nitrogens with zero attached hydrogens (tertiary/aromatic N) is 2. The van der Waals surface area contributed by atoms with Crippen LogP contribution in [0.2, 0.25) is 0 Å². The molecule has 0 bridgehead atoms. The van der Waals surface area contributed by atoms with Gasteiger partial charge in [-0.1, -0.05) is 13.8 Å². The maximum Gasteiger partial charge on any atom is 0.141 e. The summed E-state index contributed by atoms with van der Waals surface area (Å²) in [6.07, 6.45) is 2.66. The van der Waals surface area contributed by atoms with Crippen LogP contribution in [0.1, 0.15) is 43.1 Å². The zero-order chi connectivity index (χ0) is 15.4. The first-order valence-electron chi connectivity index (χ1n) is 7.77. The van der Waals surface area contributed by atoms with Crippen molar-refractivity contribution in [3.63, 3.8) is 0 Å². The van der Waals surface area contributed by atoms with E-state index >= 15 is 0 Å². The quantitative estimate of drug-likeness (QED) is 0.769. The smallest absolute Gasteiger partial charge is 0.141 e. The Hall–Kier alpha value is -1.17. The lowest BCUT2D eigenvalue weighted by Crippen LogP contribution is -2.45. The molecule has 1 aliphatic rings. The molecule has 2 rings (SSSR count). The van der Waals surface area contributed by atoms with Crippen molar-refractivity contribution < 1.29 is 10.2 Å². The summed E-state index contributed by atoms with van der Waals surface area (Å²) in [7, 11) is 0. The molecule has 1 aromatic heterocycles. The second-order valence-electron chi connectivity index (χ2n) is 6.22. The second kappa shape index (κ2) is 7.20. The number of aromatic hydroxyl groups is 1. The first-order chi connectivity index (χ1) is 10.0. The third kappa shape index (κ3) is 3.73. The molecule has 0 aliphatic carbocycles. The summed E-state index contributed by atoms with van der Waals surface area (Å²) in [5, 5.41) is 23.5. The van der Waals surface area contributed by atoms with Crippen LogP contribution in [0.3, 0.4) is 0 Å². The summed E-state index contributed by atoms with van der Waals surface area (Å²) in [5.41, 5.74) is 2.23. The number of rotatable bonds is 5. The zero-order valence-corrected chi connectivity index (χ0v) is 13.3. The first kappa shape index (κ1) is 16.2. The van der Waals surface area contributed by atoms with Gasteiger partial charge in [-0.05, 0) is 19.3 Å². The Morgan fingerprint density at radius 1 is 1.33 bits per heavy atom. The van der Waals surface area contributed by atoms with E-state index in [1.165, 1.54) is 0 Å². The maximum atomic E-state index is 10.5. The van der Waals surface area contributed by atoms with Gasteiger partial charge in [0.1, 0.15) is 5.75 Å². The normalized spacial score (nSPS) is 18.1. The minimum absolute atomic E-state index is 0.0864. The summed E-state index contributed by atoms with van der Waals surface area (Å²) in [6, 6.07) is 0.135. The van der Waals surface area contributed by atoms with E-state index in [1.54, 1.807) is 6.20 Å². The van der Waals surface area contributed by atoms with Crippen molar-refractivity contribution in [2.24, 2.45) is 5.92 Å². The molecule has 0 saturated carbocycles. The van der Waals surface area contributed by atoms with Gasteiger partial charge in [-0.2, -0.15) is 0 Å². The average Bonchev–Trinajstić information content (AvgIpc) is 2.48. The van der Waals surface area contributed by atoms with Crippen molar-refractivity contribution in [1.82, 2.24) is 15.2 Å². The number of hydrogen-bond acceptors (Lipinski definition) is 5. The van der Waals surface area contributed by atoms with Crippen LogP contribution in [0.5, 0.6) is 5.75 Å². The molecule has 5 heteroatoms. The van der Waals surface area contributed by atoms with Crippen molar-refractivity contribution >= 4 is 0 Å². The van der Waals surface area contributed by atoms with E-state index in [2.05, 4.69) is 29.0 Å². The lowest BCUT2D eigenvalue weighted by atomic mass is 9.91. The standard InChI is InChI=1S/C16H27N3O2/c1-11(2)8-14(19-6-4-17-5-7-19)15-13(10-20)9-18-12(3)16(15)21/h9,11,14,17,20-21H,4-8,10H2,1-3H3/t14-/m0/s1. The predicted octanol–water partition coefficient (Wildman–Crippen LogP) is 1.58. The number of nitrogens with one attached hydrogen (secondary N) is 1. The fourth-order valence-corrected chi connectivity index (χ4v) is 3.04. The highest BCUT2D eigenvalue weighted by Gasteiger charge is 2.28. The van der Waals surface area contributed by atoms with Gasteiger partial charge in [0.15, 0.2) is 0 Å². The van der Waals surface area contributed by atoms with Gasteiger partial charge in [0.25, 0.3) is 0 Å². The van der Waals surface area contributed by atoms with Crippen LogP contribution >= 0.6 is 0 Å². The summed E-state index contributed by atoms with van der Waals surface area (Å²) in [6.45, 7) is 9.97. The van der Waals surface area contributed by atoms with Crippen molar-refractivity contribution in [3.8, 4) is 5.75 Å². The monoisotopic (exact) mass is 293 g/mol. The number of hydrogen-bond donors (Lipinski definition) is 3. The SMILES string of the molecule is Cc1ncc(CO)c([C@H](CC(C)C)N2CCNCC2)c1O. The van der Waals surface area contributed by atoms with E-state index in [1.807, 2.05) is 6.92 Å². The largest absolute Gasteiger partial charge is 0.506 e. The van der Waals surface area contributed by atoms with Crippen LogP contribution in [0.25, 0.3) is 0 Å². The van der Waals surface area contributed by atoms with E-state index < -0.39 is 0 Å². The molecule has 118 valence electrons. The van der Waals surface area contributed by atoms with Gasteiger partial charge in [0.05, 0.1) is 12.3 Å². The number of aryl methyl sites for hydroxylation is 1. The van der Waals surface area contributed by atoms with Crippen LogP contribution in [-0.2, 0) is 6.61 Å². The van der Waals surface area contributed by atoms with Gasteiger partial charge in [-0.15, -0.1) is 0 Å². The Kier molecular flexibility index (Phi) is 5.56. The Morgan fingerprint density at radius 2 is 2.00 bits per heavy atom. The highest BCUT2D eigenvalue weighted by atomic mass is 16.3. The van der Waals surface area contributed by atoms with E-state index in [-0.39, 0.29) is 18.4 Å². The van der Waals surface area contributed by atoms with E-state index in [0.717, 1.165) is 43.7 Å². The molecule has 5 nitrogen and oxygen atoms in total. The number of aromatic nitrogens is 1. The van der Waals surface area contributed by atoms with Gasteiger partial charge >= 0.3 is 0 Å². The molecule has 1 atom stereocenters. The van der Waals surface area contributed by atoms with Gasteiger partial charge in [-0.3, -0.25) is 9.88 Å². The Labute approximate surface area is 127 Å². The Bertz CT molecular complexity index is 471. The Balaban J connectivity index is 2.42. The fraction of sp³-hybridized carbons (Fsp3) is 0.688. The van der Waals surface area contributed by atoms with Gasteiger partial charge in [0.2, 0.25) is 0 Å². The minimum atomic E-state index is -0.0864. The van der Waals surface area contributed by atoms with Crippen LogP contribution in [0, 0.1) is 12.8 Å². The lowest BCUT2D eigenvalue weighted by Gasteiger charge is -2.37. The first-order valence-corrected chi connectivity index (χ1v) is 7.77. The van der Waals surface area contributed by atoms with Crippen LogP contribution < -0.4 is 5.32 Å². The van der Waals surface area contributed by atoms with Crippen LogP contribution in [0.4, 0.5) is 0 Å². The highest BCUT2D eigenvalue weighted by Crippen LogP contribution is 2.37. The molecule has 1 aliphatic heterocycles. The van der Waals surface area contributed by atoms with Gasteiger partial charge < -0.3 is 15.5 Å². The van der Waals surface area contributed by atoms with Crippen LogP contribution in [-0.4, -0.2) is 46.3 Å². The number of pyridine rings is 1. The van der Waals surface area contributed by atoms with Crippen molar-refractivity contribution in [3.05, 3.63) is 23.0 Å². The maximum absolute atomic E-state index is 10.5. The molecular formula is C16H27N3O2. The summed E-state index contributed by atoms with van der Waals surface area (Å²) in [4.78, 5) is 6.58. The molecule has 0 spiro atoms. The van der Waals surface area contributed by atoms with Gasteiger partial charge in [0, 0.05) is 49.5 Å². The van der Waals surface area contributed by atoms with E-state index in [9.17, 15) is 10.2 Å². The molecule has 1 fully saturated rings. The zero-order valence-electron chi connectivity index (χ0n) is 13.3. The van der Waals surface area contributed by atoms with E-state index in [0.29, 0.717) is 11.6 Å². The van der Waals surface area contributed by atoms with E-state index in [4.69, 9.17) is 0 Å². The predicted molar refractivity (Wildman–Crippen MR) is 83.2 cm³/mol. The Morgan fingerprint density at radius 3 is 2.57 bits per heavy atom. The van der Waals surface area contributed by atoms with Crippen molar-refractivity contribution in [2.45, 2.75) is 39.8 Å². The molecule has 0 unspecified atom stereocenters. The summed E-state index contributed by atoms with van der Waals surface area (Å²) in [5.74, 6) is 0.759. The fourth-order valence-electron chi connectivity index (χ4n) is 3.04. The topological polar surface area (TPSA) is 68.6 Å². The van der Waals surface area contributed by atoms with Crippen molar-refractivity contribution in [2.75, 3.05) is 26.2 Å². The third-order valence-electron chi connectivity index (χ3n) is 4.15. The molecule has 1 saturated heterocycles. The summed E-state index contributed by atoms with van der Waals surface area (Å²) < 4.78 is 0. The second-order valence-corrected chi connectivity index (χ2v) is 6.22. The number of aliphatic hydroxyl groups is 1. The van der Waals surface area contributed by atoms with Gasteiger partial charge in [-0.25, -0.2) is 0 Å². The molecule has 0 aromatic carbocycles. The molecule has 0 radical (unpaired) electrons. The molecule has 2 heterocycles. The lowest BCUT2D eigenvalue weighted by molar-refractivity contribution is 0.148. The minimum Gasteiger partial charge on any atom is -0.506 e. The van der Waals surface area contributed by atoms with Crippen molar-refractivity contribution in [1.29, 1.82) is 0 Å². The third-order valence-corrected chi connectivity index (χ3v) is 4.15. The molecule has 0 amide bonds. The highest BCUT2D eigenvalue weighted by molar-refractivity contribution is 5.43. The molecule has 3 N–H and O–H groups in total. The number of piperazine rings is 1. The number of aliphatic hydroxyl groups excluding tert-OH is 1. The molecular weight excluding hydrogens is 266 g/mol. The average molecular weight is 293 g/mol. The molecule has 1 aromatic rings. The molecule has 21 heavy (non-hydrogen) atoms. The summed E-state index contributed by atoms with van der Waals surface area (Å²) >= 11 is 0. The van der Waals surface area contributed by atoms with Crippen LogP contribution in [0.15, 0.2) is 6.20 Å².